The fourth-order valence-corrected chi connectivity index (χ4v) is 3.52. The number of carbonyl (C=O) groups excluding carboxylic acids is 1. The lowest BCUT2D eigenvalue weighted by Gasteiger charge is -2.32. The molecule has 7 heteroatoms. The molecule has 1 aromatic carbocycles. The molecule has 0 atom stereocenters. The molecule has 0 saturated carbocycles. The molecule has 1 amide bonds. The second kappa shape index (κ2) is 7.73. The van der Waals surface area contributed by atoms with Crippen molar-refractivity contribution < 1.29 is 4.79 Å². The normalized spacial score (nSPS) is 15.2. The number of hydrogen-bond donors (Lipinski definition) is 1. The van der Waals surface area contributed by atoms with E-state index in [1.165, 1.54) is 0 Å². The highest BCUT2D eigenvalue weighted by Gasteiger charge is 2.24. The summed E-state index contributed by atoms with van der Waals surface area (Å²) >= 11 is 0. The molecule has 1 saturated heterocycles. The first-order valence-corrected chi connectivity index (χ1v) is 9.51. The van der Waals surface area contributed by atoms with E-state index in [0.717, 1.165) is 55.8 Å². The summed E-state index contributed by atoms with van der Waals surface area (Å²) in [6.45, 7) is 4.56. The zero-order valence-corrected chi connectivity index (χ0v) is 15.5. The highest BCUT2D eigenvalue weighted by molar-refractivity contribution is 5.94. The first kappa shape index (κ1) is 17.5. The minimum atomic E-state index is 0.100. The van der Waals surface area contributed by atoms with Crippen LogP contribution in [-0.4, -0.2) is 48.9 Å². The van der Waals surface area contributed by atoms with Gasteiger partial charge in [0.15, 0.2) is 5.82 Å². The summed E-state index contributed by atoms with van der Waals surface area (Å²) in [5.74, 6) is 2.21. The monoisotopic (exact) mass is 364 g/mol. The molecule has 2 aromatic heterocycles. The van der Waals surface area contributed by atoms with E-state index in [9.17, 15) is 4.79 Å². The molecule has 1 aliphatic rings. The zero-order chi connectivity index (χ0) is 18.6. The maximum Gasteiger partial charge on any atom is 0.253 e. The number of carbonyl (C=O) groups is 1. The SMILES string of the molecule is CCc1nc(-c2ccc(C(=O)N3CCC(Cn4cccn4)CC3)cc2)n[nH]1. The van der Waals surface area contributed by atoms with Crippen molar-refractivity contribution in [2.24, 2.45) is 5.92 Å². The van der Waals surface area contributed by atoms with Gasteiger partial charge in [-0.15, -0.1) is 0 Å². The van der Waals surface area contributed by atoms with Crippen LogP contribution >= 0.6 is 0 Å². The fourth-order valence-electron chi connectivity index (χ4n) is 3.52. The Morgan fingerprint density at radius 3 is 2.63 bits per heavy atom. The van der Waals surface area contributed by atoms with Crippen LogP contribution in [-0.2, 0) is 13.0 Å². The highest BCUT2D eigenvalue weighted by atomic mass is 16.2. The molecule has 140 valence electrons. The maximum absolute atomic E-state index is 12.8. The molecule has 0 bridgehead atoms. The topological polar surface area (TPSA) is 79.7 Å². The number of likely N-dealkylation sites (tertiary alicyclic amines) is 1. The Morgan fingerprint density at radius 1 is 1.22 bits per heavy atom. The highest BCUT2D eigenvalue weighted by Crippen LogP contribution is 2.22. The van der Waals surface area contributed by atoms with Crippen LogP contribution in [0.2, 0.25) is 0 Å². The van der Waals surface area contributed by atoms with Gasteiger partial charge in [-0.05, 0) is 37.0 Å². The quantitative estimate of drug-likeness (QED) is 0.755. The molecule has 3 aromatic rings. The summed E-state index contributed by atoms with van der Waals surface area (Å²) in [5.41, 5.74) is 1.64. The van der Waals surface area contributed by atoms with E-state index >= 15 is 0 Å². The predicted molar refractivity (Wildman–Crippen MR) is 102 cm³/mol. The number of nitrogens with one attached hydrogen (secondary N) is 1. The molecule has 1 N–H and O–H groups in total. The molecule has 3 heterocycles. The van der Waals surface area contributed by atoms with Crippen LogP contribution in [0, 0.1) is 5.92 Å². The van der Waals surface area contributed by atoms with Gasteiger partial charge >= 0.3 is 0 Å². The summed E-state index contributed by atoms with van der Waals surface area (Å²) in [7, 11) is 0. The second-order valence-electron chi connectivity index (χ2n) is 7.00. The molecule has 7 nitrogen and oxygen atoms in total. The van der Waals surface area contributed by atoms with Crippen LogP contribution in [0.3, 0.4) is 0 Å². The van der Waals surface area contributed by atoms with Gasteiger partial charge in [-0.2, -0.15) is 10.2 Å². The van der Waals surface area contributed by atoms with E-state index in [4.69, 9.17) is 0 Å². The second-order valence-corrected chi connectivity index (χ2v) is 7.00. The number of nitrogens with zero attached hydrogens (tertiary/aromatic N) is 5. The fraction of sp³-hybridized carbons (Fsp3) is 0.400. The first-order chi connectivity index (χ1) is 13.2. The van der Waals surface area contributed by atoms with E-state index in [2.05, 4.69) is 20.3 Å². The van der Waals surface area contributed by atoms with Crippen molar-refractivity contribution in [3.8, 4) is 11.4 Å². The van der Waals surface area contributed by atoms with E-state index in [0.29, 0.717) is 11.7 Å². The van der Waals surface area contributed by atoms with Crippen LogP contribution in [0.15, 0.2) is 42.7 Å². The molecule has 1 aliphatic heterocycles. The third-order valence-electron chi connectivity index (χ3n) is 5.16. The third kappa shape index (κ3) is 3.92. The van der Waals surface area contributed by atoms with Crippen LogP contribution in [0.4, 0.5) is 0 Å². The van der Waals surface area contributed by atoms with Gasteiger partial charge in [0.25, 0.3) is 5.91 Å². The molecular formula is C20H24N6O. The van der Waals surface area contributed by atoms with Crippen molar-refractivity contribution in [1.82, 2.24) is 29.9 Å². The van der Waals surface area contributed by atoms with E-state index in [-0.39, 0.29) is 5.91 Å². The summed E-state index contributed by atoms with van der Waals surface area (Å²) in [6.07, 6.45) is 6.65. The van der Waals surface area contributed by atoms with Crippen LogP contribution < -0.4 is 0 Å². The number of aromatic nitrogens is 5. The minimum absolute atomic E-state index is 0.100. The van der Waals surface area contributed by atoms with Gasteiger partial charge < -0.3 is 4.90 Å². The Balaban J connectivity index is 1.35. The molecular weight excluding hydrogens is 340 g/mol. The van der Waals surface area contributed by atoms with Gasteiger partial charge in [0.2, 0.25) is 0 Å². The van der Waals surface area contributed by atoms with Gasteiger partial charge in [0.1, 0.15) is 5.82 Å². The number of amides is 1. The minimum Gasteiger partial charge on any atom is -0.339 e. The Labute approximate surface area is 158 Å². The van der Waals surface area contributed by atoms with E-state index in [1.807, 2.05) is 59.2 Å². The van der Waals surface area contributed by atoms with Crippen molar-refractivity contribution in [2.75, 3.05) is 13.1 Å². The van der Waals surface area contributed by atoms with Crippen molar-refractivity contribution >= 4 is 5.91 Å². The average Bonchev–Trinajstić information content (AvgIpc) is 3.40. The Bertz CT molecular complexity index is 876. The Kier molecular flexibility index (Phi) is 5.00. The van der Waals surface area contributed by atoms with Gasteiger partial charge in [-0.25, -0.2) is 4.98 Å². The van der Waals surface area contributed by atoms with E-state index in [1.54, 1.807) is 0 Å². The van der Waals surface area contributed by atoms with Gasteiger partial charge in [-0.3, -0.25) is 14.6 Å². The van der Waals surface area contributed by atoms with Crippen molar-refractivity contribution in [2.45, 2.75) is 32.7 Å². The molecule has 4 rings (SSSR count). The van der Waals surface area contributed by atoms with Crippen molar-refractivity contribution in [1.29, 1.82) is 0 Å². The Morgan fingerprint density at radius 2 is 2.00 bits per heavy atom. The van der Waals surface area contributed by atoms with Crippen LogP contribution in [0.25, 0.3) is 11.4 Å². The standard InChI is InChI=1S/C20H24N6O/c1-2-18-22-19(24-23-18)16-4-6-17(7-5-16)20(27)25-12-8-15(9-13-25)14-26-11-3-10-21-26/h3-7,10-11,15H,2,8-9,12-14H2,1H3,(H,22,23,24). The Hall–Kier alpha value is -2.96. The molecule has 1 fully saturated rings. The number of aromatic amines is 1. The number of piperidine rings is 1. The zero-order valence-electron chi connectivity index (χ0n) is 15.5. The lowest BCUT2D eigenvalue weighted by atomic mass is 9.96. The van der Waals surface area contributed by atoms with Gasteiger partial charge in [0, 0.05) is 49.6 Å². The summed E-state index contributed by atoms with van der Waals surface area (Å²) in [5, 5.41) is 11.4. The maximum atomic E-state index is 12.8. The lowest BCUT2D eigenvalue weighted by molar-refractivity contribution is 0.0681. The van der Waals surface area contributed by atoms with Crippen molar-refractivity contribution in [3.05, 3.63) is 54.1 Å². The van der Waals surface area contributed by atoms with Gasteiger partial charge in [-0.1, -0.05) is 19.1 Å². The number of aryl methyl sites for hydroxylation is 1. The summed E-state index contributed by atoms with van der Waals surface area (Å²) in [6, 6.07) is 9.52. The van der Waals surface area contributed by atoms with Crippen LogP contribution in [0.1, 0.15) is 35.9 Å². The smallest absolute Gasteiger partial charge is 0.253 e. The summed E-state index contributed by atoms with van der Waals surface area (Å²) < 4.78 is 1.98. The number of benzene rings is 1. The number of rotatable bonds is 5. The summed E-state index contributed by atoms with van der Waals surface area (Å²) in [4.78, 5) is 19.2. The number of hydrogen-bond acceptors (Lipinski definition) is 4. The predicted octanol–water partition coefficient (Wildman–Crippen LogP) is 2.78. The molecule has 0 spiro atoms. The molecule has 27 heavy (non-hydrogen) atoms. The average molecular weight is 364 g/mol. The third-order valence-corrected chi connectivity index (χ3v) is 5.16. The number of H-pyrrole nitrogens is 1. The molecule has 0 radical (unpaired) electrons. The largest absolute Gasteiger partial charge is 0.339 e. The van der Waals surface area contributed by atoms with Crippen LogP contribution in [0.5, 0.6) is 0 Å². The molecule has 0 aliphatic carbocycles. The lowest BCUT2D eigenvalue weighted by Crippen LogP contribution is -2.39. The molecule has 0 unspecified atom stereocenters. The van der Waals surface area contributed by atoms with Crippen molar-refractivity contribution in [3.63, 3.8) is 0 Å². The van der Waals surface area contributed by atoms with E-state index < -0.39 is 0 Å². The van der Waals surface area contributed by atoms with Gasteiger partial charge in [0.05, 0.1) is 0 Å². The first-order valence-electron chi connectivity index (χ1n) is 9.51.